The van der Waals surface area contributed by atoms with Crippen LogP contribution in [0.25, 0.3) is 0 Å². The number of anilines is 2. The van der Waals surface area contributed by atoms with E-state index in [1.54, 1.807) is 25.3 Å². The second-order valence-electron chi connectivity index (χ2n) is 4.27. The third-order valence-electron chi connectivity index (χ3n) is 2.81. The first-order valence-electron chi connectivity index (χ1n) is 6.39. The van der Waals surface area contributed by atoms with E-state index in [2.05, 4.69) is 10.1 Å². The predicted molar refractivity (Wildman–Crippen MR) is 76.4 cm³/mol. The average molecular weight is 266 g/mol. The van der Waals surface area contributed by atoms with Crippen molar-refractivity contribution in [2.24, 2.45) is 0 Å². The molecule has 0 aliphatic rings. The summed E-state index contributed by atoms with van der Waals surface area (Å²) in [6.07, 6.45) is 3.23. The second-order valence-corrected chi connectivity index (χ2v) is 4.27. The monoisotopic (exact) mass is 266 g/mol. The van der Waals surface area contributed by atoms with E-state index in [0.29, 0.717) is 11.3 Å². The Morgan fingerprint density at radius 2 is 2.05 bits per heavy atom. The van der Waals surface area contributed by atoms with Gasteiger partial charge in [-0.25, -0.2) is 4.79 Å². The van der Waals surface area contributed by atoms with Gasteiger partial charge in [0.15, 0.2) is 0 Å². The second kappa shape index (κ2) is 8.37. The van der Waals surface area contributed by atoms with Gasteiger partial charge in [0.2, 0.25) is 0 Å². The van der Waals surface area contributed by atoms with Crippen molar-refractivity contribution in [3.8, 4) is 0 Å². The van der Waals surface area contributed by atoms with Crippen LogP contribution in [0.1, 0.15) is 29.6 Å². The Morgan fingerprint density at radius 1 is 1.26 bits per heavy atom. The molecule has 1 aromatic carbocycles. The van der Waals surface area contributed by atoms with Crippen LogP contribution in [0.4, 0.5) is 11.4 Å². The number of nitrogen functional groups attached to an aromatic ring is 1. The zero-order valence-electron chi connectivity index (χ0n) is 11.6. The highest BCUT2D eigenvalue weighted by molar-refractivity contribution is 5.91. The van der Waals surface area contributed by atoms with Gasteiger partial charge in [-0.05, 0) is 37.5 Å². The lowest BCUT2D eigenvalue weighted by Crippen LogP contribution is -2.07. The number of hydrogen-bond donors (Lipinski definition) is 2. The van der Waals surface area contributed by atoms with Crippen LogP contribution in [0.15, 0.2) is 18.2 Å². The summed E-state index contributed by atoms with van der Waals surface area (Å²) in [5.41, 5.74) is 7.75. The van der Waals surface area contributed by atoms with E-state index in [4.69, 9.17) is 10.5 Å². The van der Waals surface area contributed by atoms with Crippen molar-refractivity contribution in [3.05, 3.63) is 23.8 Å². The summed E-state index contributed by atoms with van der Waals surface area (Å²) in [7, 11) is 3.06. The van der Waals surface area contributed by atoms with Gasteiger partial charge in [-0.15, -0.1) is 0 Å². The fraction of sp³-hybridized carbons (Fsp3) is 0.500. The molecule has 0 saturated heterocycles. The van der Waals surface area contributed by atoms with Gasteiger partial charge >= 0.3 is 5.97 Å². The Hall–Kier alpha value is -1.75. The van der Waals surface area contributed by atoms with Crippen LogP contribution in [-0.4, -0.2) is 33.3 Å². The molecule has 0 aliphatic carbocycles. The van der Waals surface area contributed by atoms with E-state index >= 15 is 0 Å². The van der Waals surface area contributed by atoms with Crippen LogP contribution < -0.4 is 11.1 Å². The van der Waals surface area contributed by atoms with Crippen LogP contribution in [0, 0.1) is 0 Å². The van der Waals surface area contributed by atoms with Crippen molar-refractivity contribution in [3.63, 3.8) is 0 Å². The van der Waals surface area contributed by atoms with E-state index < -0.39 is 0 Å². The summed E-state index contributed by atoms with van der Waals surface area (Å²) < 4.78 is 9.63. The third-order valence-corrected chi connectivity index (χ3v) is 2.81. The maximum atomic E-state index is 11.3. The van der Waals surface area contributed by atoms with Gasteiger partial charge in [-0.2, -0.15) is 0 Å². The van der Waals surface area contributed by atoms with Crippen molar-refractivity contribution in [2.45, 2.75) is 19.3 Å². The van der Waals surface area contributed by atoms with Gasteiger partial charge in [0.1, 0.15) is 0 Å². The molecule has 0 fully saturated rings. The third kappa shape index (κ3) is 5.18. The van der Waals surface area contributed by atoms with Gasteiger partial charge in [0.25, 0.3) is 0 Å². The number of nitrogens with one attached hydrogen (secondary N) is 1. The van der Waals surface area contributed by atoms with Crippen molar-refractivity contribution in [1.29, 1.82) is 0 Å². The van der Waals surface area contributed by atoms with Crippen molar-refractivity contribution in [1.82, 2.24) is 0 Å². The highest BCUT2D eigenvalue weighted by atomic mass is 16.5. The van der Waals surface area contributed by atoms with Crippen molar-refractivity contribution < 1.29 is 14.3 Å². The number of benzene rings is 1. The Bertz CT molecular complexity index is 408. The molecule has 0 saturated carbocycles. The zero-order chi connectivity index (χ0) is 14.1. The lowest BCUT2D eigenvalue weighted by molar-refractivity contribution is 0.0601. The minimum Gasteiger partial charge on any atom is -0.465 e. The Morgan fingerprint density at radius 3 is 2.68 bits per heavy atom. The predicted octanol–water partition coefficient (Wildman–Crippen LogP) is 2.28. The number of methoxy groups -OCH3 is 2. The summed E-state index contributed by atoms with van der Waals surface area (Å²) >= 11 is 0. The van der Waals surface area contributed by atoms with E-state index in [9.17, 15) is 4.79 Å². The molecular formula is C14H22N2O3. The standard InChI is InChI=1S/C14H22N2O3/c1-18-9-5-3-4-8-16-13-7-6-11(10-12(13)15)14(17)19-2/h6-7,10,16H,3-5,8-9,15H2,1-2H3. The summed E-state index contributed by atoms with van der Waals surface area (Å²) in [5.74, 6) is -0.377. The van der Waals surface area contributed by atoms with Gasteiger partial charge in [0, 0.05) is 20.3 Å². The minimum absolute atomic E-state index is 0.377. The first kappa shape index (κ1) is 15.3. The largest absolute Gasteiger partial charge is 0.465 e. The quantitative estimate of drug-likeness (QED) is 0.429. The lowest BCUT2D eigenvalue weighted by Gasteiger charge is -2.10. The SMILES string of the molecule is COCCCCCNc1ccc(C(=O)OC)cc1N. The highest BCUT2D eigenvalue weighted by Gasteiger charge is 2.07. The normalized spacial score (nSPS) is 10.2. The van der Waals surface area contributed by atoms with Crippen molar-refractivity contribution >= 4 is 17.3 Å². The molecule has 1 aromatic rings. The summed E-state index contributed by atoms with van der Waals surface area (Å²) in [6.45, 7) is 1.65. The molecule has 0 atom stereocenters. The Labute approximate surface area is 114 Å². The molecule has 0 radical (unpaired) electrons. The molecule has 5 heteroatoms. The number of carbonyl (C=O) groups excluding carboxylic acids is 1. The molecule has 5 nitrogen and oxygen atoms in total. The fourth-order valence-electron chi connectivity index (χ4n) is 1.74. The summed E-state index contributed by atoms with van der Waals surface area (Å²) in [5, 5.41) is 3.26. The number of carbonyl (C=O) groups is 1. The van der Waals surface area contributed by atoms with Gasteiger partial charge in [-0.3, -0.25) is 0 Å². The number of rotatable bonds is 8. The van der Waals surface area contributed by atoms with E-state index in [0.717, 1.165) is 38.1 Å². The van der Waals surface area contributed by atoms with Gasteiger partial charge < -0.3 is 20.5 Å². The molecule has 0 aliphatic heterocycles. The van der Waals surface area contributed by atoms with Crippen LogP contribution in [-0.2, 0) is 9.47 Å². The summed E-state index contributed by atoms with van der Waals surface area (Å²) in [4.78, 5) is 11.3. The minimum atomic E-state index is -0.377. The first-order chi connectivity index (χ1) is 9.19. The van der Waals surface area contributed by atoms with E-state index in [-0.39, 0.29) is 5.97 Å². The van der Waals surface area contributed by atoms with Crippen LogP contribution in [0.2, 0.25) is 0 Å². The first-order valence-corrected chi connectivity index (χ1v) is 6.39. The number of unbranched alkanes of at least 4 members (excludes halogenated alkanes) is 2. The Kier molecular flexibility index (Phi) is 6.74. The fourth-order valence-corrected chi connectivity index (χ4v) is 1.74. The molecule has 106 valence electrons. The molecule has 1 rings (SSSR count). The maximum absolute atomic E-state index is 11.3. The Balaban J connectivity index is 2.40. The van der Waals surface area contributed by atoms with E-state index in [1.807, 2.05) is 0 Å². The van der Waals surface area contributed by atoms with Crippen molar-refractivity contribution in [2.75, 3.05) is 38.4 Å². The van der Waals surface area contributed by atoms with Crippen LogP contribution in [0.3, 0.4) is 0 Å². The van der Waals surface area contributed by atoms with Gasteiger partial charge in [-0.1, -0.05) is 0 Å². The highest BCUT2D eigenvalue weighted by Crippen LogP contribution is 2.20. The molecule has 0 unspecified atom stereocenters. The molecular weight excluding hydrogens is 244 g/mol. The number of ether oxygens (including phenoxy) is 2. The lowest BCUT2D eigenvalue weighted by atomic mass is 10.1. The molecule has 3 N–H and O–H groups in total. The molecule has 19 heavy (non-hydrogen) atoms. The average Bonchev–Trinajstić information content (AvgIpc) is 2.43. The van der Waals surface area contributed by atoms with Gasteiger partial charge in [0.05, 0.1) is 24.0 Å². The zero-order valence-corrected chi connectivity index (χ0v) is 11.6. The smallest absolute Gasteiger partial charge is 0.337 e. The van der Waals surface area contributed by atoms with E-state index in [1.165, 1.54) is 7.11 Å². The topological polar surface area (TPSA) is 73.6 Å². The molecule has 0 bridgehead atoms. The maximum Gasteiger partial charge on any atom is 0.337 e. The number of hydrogen-bond acceptors (Lipinski definition) is 5. The molecule has 0 amide bonds. The number of esters is 1. The molecule has 0 spiro atoms. The molecule has 0 heterocycles. The summed E-state index contributed by atoms with van der Waals surface area (Å²) in [6, 6.07) is 5.13. The molecule has 0 aromatic heterocycles. The number of nitrogens with two attached hydrogens (primary N) is 1. The van der Waals surface area contributed by atoms with Crippen LogP contribution in [0.5, 0.6) is 0 Å². The van der Waals surface area contributed by atoms with Crippen LogP contribution >= 0.6 is 0 Å².